The van der Waals surface area contributed by atoms with Crippen molar-refractivity contribution in [2.24, 2.45) is 0 Å². The van der Waals surface area contributed by atoms with Crippen LogP contribution in [-0.4, -0.2) is 75.0 Å². The number of esters is 3. The number of aromatic nitrogens is 3. The highest BCUT2D eigenvalue weighted by Crippen LogP contribution is 2.36. The Labute approximate surface area is 218 Å². The van der Waals surface area contributed by atoms with Gasteiger partial charge in [-0.2, -0.15) is 0 Å². The van der Waals surface area contributed by atoms with E-state index in [1.54, 1.807) is 0 Å². The van der Waals surface area contributed by atoms with E-state index in [1.807, 2.05) is 41.8 Å². The molecule has 1 aromatic carbocycles. The van der Waals surface area contributed by atoms with E-state index in [0.29, 0.717) is 17.5 Å². The minimum atomic E-state index is -1.15. The van der Waals surface area contributed by atoms with Crippen molar-refractivity contribution < 1.29 is 38.1 Å². The number of carbonyl (C=O) groups excluding carboxylic acids is 4. The highest BCUT2D eigenvalue weighted by Gasteiger charge is 2.51. The quantitative estimate of drug-likeness (QED) is 0.370. The molecule has 200 valence electrons. The topological polar surface area (TPSA) is 148 Å². The Morgan fingerprint density at radius 1 is 0.973 bits per heavy atom. The highest BCUT2D eigenvalue weighted by molar-refractivity contribution is 7.99. The van der Waals surface area contributed by atoms with Gasteiger partial charge in [0.1, 0.15) is 24.2 Å². The summed E-state index contributed by atoms with van der Waals surface area (Å²) in [4.78, 5) is 47.6. The normalized spacial score (nSPS) is 23.1. The molecule has 0 saturated carbocycles. The Kier molecular flexibility index (Phi) is 9.64. The van der Waals surface area contributed by atoms with E-state index in [9.17, 15) is 19.2 Å². The van der Waals surface area contributed by atoms with Crippen molar-refractivity contribution in [2.45, 2.75) is 76.1 Å². The molecule has 1 saturated heterocycles. The van der Waals surface area contributed by atoms with E-state index in [4.69, 9.17) is 18.9 Å². The lowest BCUT2D eigenvalue weighted by Crippen LogP contribution is -2.65. The third-order valence-corrected chi connectivity index (χ3v) is 6.51. The second-order valence-corrected chi connectivity index (χ2v) is 9.32. The molecule has 0 spiro atoms. The summed E-state index contributed by atoms with van der Waals surface area (Å²) in [7, 11) is 0. The zero-order chi connectivity index (χ0) is 27.1. The maximum absolute atomic E-state index is 12.2. The molecule has 0 unspecified atom stereocenters. The summed E-state index contributed by atoms with van der Waals surface area (Å²) in [5.74, 6) is -1.66. The standard InChI is InChI=1S/C24H30N4O8S/c1-6-28-22(17-10-8-7-9-11-17)26-27-24(28)37-23-19(25-13(2)29)21(35-16(5)32)20(34-15(4)31)18(36-23)12-33-14(3)30/h7-11,18-21,23H,6,12H2,1-5H3,(H,25,29)/t18-,19-,20+,21+,23+/m1/s1. The first-order valence-electron chi connectivity index (χ1n) is 11.7. The summed E-state index contributed by atoms with van der Waals surface area (Å²) in [5, 5.41) is 11.9. The Bertz CT molecular complexity index is 1130. The molecular weight excluding hydrogens is 504 g/mol. The molecule has 37 heavy (non-hydrogen) atoms. The maximum Gasteiger partial charge on any atom is 0.303 e. The number of amides is 1. The van der Waals surface area contributed by atoms with E-state index in [1.165, 1.54) is 27.7 Å². The van der Waals surface area contributed by atoms with Gasteiger partial charge >= 0.3 is 17.9 Å². The van der Waals surface area contributed by atoms with Crippen molar-refractivity contribution in [1.82, 2.24) is 20.1 Å². The molecular formula is C24H30N4O8S. The highest BCUT2D eigenvalue weighted by atomic mass is 32.2. The van der Waals surface area contributed by atoms with Crippen LogP contribution in [0.15, 0.2) is 35.5 Å². The number of carbonyl (C=O) groups is 4. The van der Waals surface area contributed by atoms with Gasteiger partial charge in [0.25, 0.3) is 0 Å². The minimum absolute atomic E-state index is 0.273. The van der Waals surface area contributed by atoms with Crippen molar-refractivity contribution in [2.75, 3.05) is 6.61 Å². The average molecular weight is 535 g/mol. The predicted octanol–water partition coefficient (Wildman–Crippen LogP) is 1.71. The molecule has 13 heteroatoms. The fraction of sp³-hybridized carbons (Fsp3) is 0.500. The molecule has 0 aliphatic carbocycles. The van der Waals surface area contributed by atoms with E-state index in [-0.39, 0.29) is 6.61 Å². The smallest absolute Gasteiger partial charge is 0.303 e. The van der Waals surface area contributed by atoms with Gasteiger partial charge in [-0.05, 0) is 6.92 Å². The van der Waals surface area contributed by atoms with Crippen LogP contribution < -0.4 is 5.32 Å². The predicted molar refractivity (Wildman–Crippen MR) is 131 cm³/mol. The molecule has 1 aliphatic heterocycles. The molecule has 2 heterocycles. The zero-order valence-corrected chi connectivity index (χ0v) is 22.0. The van der Waals surface area contributed by atoms with E-state index >= 15 is 0 Å². The lowest BCUT2D eigenvalue weighted by atomic mass is 9.97. The molecule has 3 rings (SSSR count). The summed E-state index contributed by atoms with van der Waals surface area (Å²) in [6, 6.07) is 8.58. The number of thioether (sulfide) groups is 1. The summed E-state index contributed by atoms with van der Waals surface area (Å²) in [6.07, 6.45) is -3.28. The lowest BCUT2D eigenvalue weighted by molar-refractivity contribution is -0.211. The number of hydrogen-bond acceptors (Lipinski definition) is 11. The van der Waals surface area contributed by atoms with Crippen LogP contribution in [0.5, 0.6) is 0 Å². The van der Waals surface area contributed by atoms with Gasteiger partial charge in [-0.15, -0.1) is 10.2 Å². The van der Waals surface area contributed by atoms with Gasteiger partial charge in [-0.1, -0.05) is 42.1 Å². The van der Waals surface area contributed by atoms with Gasteiger partial charge in [0.05, 0.1) is 0 Å². The number of benzene rings is 1. The first-order valence-corrected chi connectivity index (χ1v) is 12.5. The van der Waals surface area contributed by atoms with Crippen LogP contribution in [0.2, 0.25) is 0 Å². The van der Waals surface area contributed by atoms with Gasteiger partial charge in [0, 0.05) is 39.8 Å². The molecule has 1 aromatic heterocycles. The van der Waals surface area contributed by atoms with E-state index in [0.717, 1.165) is 17.3 Å². The molecule has 2 aromatic rings. The third kappa shape index (κ3) is 7.29. The average Bonchev–Trinajstić information content (AvgIpc) is 3.23. The Morgan fingerprint density at radius 2 is 1.62 bits per heavy atom. The molecule has 1 aliphatic rings. The first kappa shape index (κ1) is 28.1. The van der Waals surface area contributed by atoms with Crippen molar-refractivity contribution >= 4 is 35.6 Å². The second-order valence-electron chi connectivity index (χ2n) is 8.25. The molecule has 0 radical (unpaired) electrons. The number of hydrogen-bond donors (Lipinski definition) is 1. The lowest BCUT2D eigenvalue weighted by Gasteiger charge is -2.44. The Morgan fingerprint density at radius 3 is 2.19 bits per heavy atom. The van der Waals surface area contributed by atoms with Crippen molar-refractivity contribution in [3.05, 3.63) is 30.3 Å². The molecule has 1 fully saturated rings. The SMILES string of the molecule is CCn1c(S[C@@H]2O[C@H](COC(C)=O)[C@H](OC(C)=O)[C@@H](OC(C)=O)[C@H]2NC(C)=O)nnc1-c1ccccc1. The Balaban J connectivity index is 2.02. The minimum Gasteiger partial charge on any atom is -0.463 e. The van der Waals surface area contributed by atoms with Crippen LogP contribution in [0, 0.1) is 0 Å². The second kappa shape index (κ2) is 12.7. The third-order valence-electron chi connectivity index (χ3n) is 5.36. The van der Waals surface area contributed by atoms with Crippen LogP contribution in [0.4, 0.5) is 0 Å². The fourth-order valence-electron chi connectivity index (χ4n) is 3.96. The monoisotopic (exact) mass is 534 g/mol. The Hall–Kier alpha value is -3.45. The van der Waals surface area contributed by atoms with Crippen LogP contribution in [-0.2, 0) is 44.7 Å². The molecule has 12 nitrogen and oxygen atoms in total. The maximum atomic E-state index is 12.2. The molecule has 1 N–H and O–H groups in total. The molecule has 1 amide bonds. The van der Waals surface area contributed by atoms with Crippen LogP contribution in [0.3, 0.4) is 0 Å². The largest absolute Gasteiger partial charge is 0.463 e. The van der Waals surface area contributed by atoms with Crippen molar-refractivity contribution in [3.63, 3.8) is 0 Å². The van der Waals surface area contributed by atoms with Gasteiger partial charge in [0.2, 0.25) is 5.91 Å². The van der Waals surface area contributed by atoms with Crippen molar-refractivity contribution in [3.8, 4) is 11.4 Å². The molecule has 0 bridgehead atoms. The van der Waals surface area contributed by atoms with E-state index in [2.05, 4.69) is 15.5 Å². The van der Waals surface area contributed by atoms with Gasteiger partial charge in [-0.25, -0.2) is 0 Å². The fourth-order valence-corrected chi connectivity index (χ4v) is 5.16. The zero-order valence-electron chi connectivity index (χ0n) is 21.2. The number of nitrogens with one attached hydrogen (secondary N) is 1. The first-order chi connectivity index (χ1) is 17.6. The summed E-state index contributed by atoms with van der Waals surface area (Å²) in [6.45, 7) is 7.14. The van der Waals surface area contributed by atoms with Crippen LogP contribution in [0.1, 0.15) is 34.6 Å². The van der Waals surface area contributed by atoms with Crippen molar-refractivity contribution in [1.29, 1.82) is 0 Å². The number of ether oxygens (including phenoxy) is 4. The van der Waals surface area contributed by atoms with Gasteiger partial charge < -0.3 is 28.8 Å². The number of nitrogens with zero attached hydrogens (tertiary/aromatic N) is 3. The molecule has 5 atom stereocenters. The van der Waals surface area contributed by atoms with Gasteiger partial charge in [0.15, 0.2) is 23.2 Å². The van der Waals surface area contributed by atoms with Gasteiger partial charge in [-0.3, -0.25) is 19.2 Å². The summed E-state index contributed by atoms with van der Waals surface area (Å²) in [5.41, 5.74) is -0.00846. The summed E-state index contributed by atoms with van der Waals surface area (Å²) < 4.78 is 24.2. The van der Waals surface area contributed by atoms with Crippen LogP contribution in [0.25, 0.3) is 11.4 Å². The van der Waals surface area contributed by atoms with E-state index < -0.39 is 53.6 Å². The number of rotatable bonds is 9. The summed E-state index contributed by atoms with van der Waals surface area (Å²) >= 11 is 1.15. The van der Waals surface area contributed by atoms with Crippen LogP contribution >= 0.6 is 11.8 Å².